The third kappa shape index (κ3) is 3.58. The van der Waals surface area contributed by atoms with Gasteiger partial charge in [-0.15, -0.1) is 0 Å². The van der Waals surface area contributed by atoms with Gasteiger partial charge in [0, 0.05) is 14.2 Å². The number of carbonyl (C=O) groups excluding carboxylic acids is 1. The van der Waals surface area contributed by atoms with E-state index in [0.717, 1.165) is 25.7 Å². The van der Waals surface area contributed by atoms with Gasteiger partial charge in [0.15, 0.2) is 0 Å². The lowest BCUT2D eigenvalue weighted by Gasteiger charge is -2.29. The molecule has 106 valence electrons. The number of carbonyl (C=O) groups is 1. The van der Waals surface area contributed by atoms with Crippen molar-refractivity contribution in [2.45, 2.75) is 44.5 Å². The molecule has 0 N–H and O–H groups in total. The molecule has 19 heavy (non-hydrogen) atoms. The monoisotopic (exact) mass is 268 g/mol. The predicted molar refractivity (Wildman–Crippen MR) is 67.9 cm³/mol. The summed E-state index contributed by atoms with van der Waals surface area (Å²) in [5.41, 5.74) is 0. The first-order valence-electron chi connectivity index (χ1n) is 6.56. The van der Waals surface area contributed by atoms with E-state index in [-0.39, 0.29) is 18.0 Å². The minimum Gasteiger partial charge on any atom is -0.454 e. The first kappa shape index (κ1) is 14.1. The Bertz CT molecular complexity index is 412. The van der Waals surface area contributed by atoms with E-state index in [2.05, 4.69) is 0 Å². The molecule has 1 heterocycles. The van der Waals surface area contributed by atoms with Crippen LogP contribution in [0.25, 0.3) is 0 Å². The van der Waals surface area contributed by atoms with Crippen molar-refractivity contribution >= 4 is 5.97 Å². The van der Waals surface area contributed by atoms with E-state index in [0.29, 0.717) is 12.4 Å². The van der Waals surface area contributed by atoms with Gasteiger partial charge in [-0.3, -0.25) is 0 Å². The molecule has 5 heteroatoms. The highest BCUT2D eigenvalue weighted by molar-refractivity contribution is 5.86. The summed E-state index contributed by atoms with van der Waals surface area (Å²) in [4.78, 5) is 12.0. The van der Waals surface area contributed by atoms with Gasteiger partial charge in [-0.05, 0) is 31.4 Å². The second-order valence-electron chi connectivity index (χ2n) is 4.70. The molecule has 1 aromatic rings. The van der Waals surface area contributed by atoms with Crippen LogP contribution in [0.3, 0.4) is 0 Å². The Labute approximate surface area is 112 Å². The summed E-state index contributed by atoms with van der Waals surface area (Å²) in [6.45, 7) is 0.345. The van der Waals surface area contributed by atoms with Crippen molar-refractivity contribution in [3.63, 3.8) is 0 Å². The Hall–Kier alpha value is -1.33. The molecule has 1 aromatic heterocycles. The van der Waals surface area contributed by atoms with Gasteiger partial charge < -0.3 is 18.6 Å². The summed E-state index contributed by atoms with van der Waals surface area (Å²) >= 11 is 0. The first-order chi connectivity index (χ1) is 9.24. The summed E-state index contributed by atoms with van der Waals surface area (Å²) in [5, 5.41) is 0. The molecule has 0 spiro atoms. The average Bonchev–Trinajstić information content (AvgIpc) is 2.88. The number of hydrogen-bond acceptors (Lipinski definition) is 5. The zero-order valence-corrected chi connectivity index (χ0v) is 11.4. The van der Waals surface area contributed by atoms with E-state index < -0.39 is 5.97 Å². The molecule has 1 aliphatic carbocycles. The minimum atomic E-state index is -0.434. The lowest BCUT2D eigenvalue weighted by molar-refractivity contribution is -0.0554. The highest BCUT2D eigenvalue weighted by atomic mass is 16.6. The number of esters is 1. The molecular weight excluding hydrogens is 248 g/mol. The fourth-order valence-electron chi connectivity index (χ4n) is 2.37. The lowest BCUT2D eigenvalue weighted by Crippen LogP contribution is -2.35. The van der Waals surface area contributed by atoms with Crippen molar-refractivity contribution in [2.75, 3.05) is 14.2 Å². The second-order valence-corrected chi connectivity index (χ2v) is 4.70. The van der Waals surface area contributed by atoms with Crippen LogP contribution in [0.15, 0.2) is 16.5 Å². The zero-order valence-electron chi connectivity index (χ0n) is 11.4. The van der Waals surface area contributed by atoms with E-state index in [4.69, 9.17) is 18.6 Å². The smallest absolute Gasteiger partial charge is 0.374 e. The maximum absolute atomic E-state index is 12.0. The number of furan rings is 1. The Kier molecular flexibility index (Phi) is 4.99. The Morgan fingerprint density at radius 1 is 1.26 bits per heavy atom. The van der Waals surface area contributed by atoms with Gasteiger partial charge in [-0.25, -0.2) is 4.79 Å². The highest BCUT2D eigenvalue weighted by Gasteiger charge is 2.29. The van der Waals surface area contributed by atoms with Gasteiger partial charge in [0.2, 0.25) is 5.76 Å². The molecule has 1 saturated carbocycles. The number of rotatable bonds is 5. The molecule has 2 unspecified atom stereocenters. The van der Waals surface area contributed by atoms with Crippen molar-refractivity contribution in [2.24, 2.45) is 0 Å². The lowest BCUT2D eigenvalue weighted by atomic mass is 9.94. The topological polar surface area (TPSA) is 57.9 Å². The fraction of sp³-hybridized carbons (Fsp3) is 0.643. The highest BCUT2D eigenvalue weighted by Crippen LogP contribution is 2.24. The summed E-state index contributed by atoms with van der Waals surface area (Å²) in [6, 6.07) is 3.33. The first-order valence-corrected chi connectivity index (χ1v) is 6.56. The van der Waals surface area contributed by atoms with E-state index in [1.807, 2.05) is 0 Å². The number of ether oxygens (including phenoxy) is 3. The SMILES string of the molecule is COCc1ccc(C(=O)OC2CCCCC2OC)o1. The third-order valence-corrected chi connectivity index (χ3v) is 3.35. The number of methoxy groups -OCH3 is 2. The largest absolute Gasteiger partial charge is 0.454 e. The summed E-state index contributed by atoms with van der Waals surface area (Å²) < 4.78 is 21.1. The van der Waals surface area contributed by atoms with Crippen molar-refractivity contribution < 1.29 is 23.4 Å². The Morgan fingerprint density at radius 2 is 2.00 bits per heavy atom. The molecule has 0 amide bonds. The minimum absolute atomic E-state index is 0.00823. The fourth-order valence-corrected chi connectivity index (χ4v) is 2.37. The molecule has 2 atom stereocenters. The summed E-state index contributed by atoms with van der Waals surface area (Å²) in [6.07, 6.45) is 3.77. The van der Waals surface area contributed by atoms with E-state index in [1.165, 1.54) is 0 Å². The third-order valence-electron chi connectivity index (χ3n) is 3.35. The van der Waals surface area contributed by atoms with E-state index in [9.17, 15) is 4.79 Å². The summed E-state index contributed by atoms with van der Waals surface area (Å²) in [5.74, 6) is 0.394. The molecule has 1 aliphatic rings. The van der Waals surface area contributed by atoms with Crippen molar-refractivity contribution in [1.82, 2.24) is 0 Å². The van der Waals surface area contributed by atoms with Crippen molar-refractivity contribution in [3.8, 4) is 0 Å². The van der Waals surface area contributed by atoms with Crippen LogP contribution in [0.4, 0.5) is 0 Å². The van der Waals surface area contributed by atoms with Gasteiger partial charge >= 0.3 is 5.97 Å². The Balaban J connectivity index is 1.95. The maximum Gasteiger partial charge on any atom is 0.374 e. The van der Waals surface area contributed by atoms with Gasteiger partial charge in [-0.1, -0.05) is 6.42 Å². The predicted octanol–water partition coefficient (Wildman–Crippen LogP) is 2.54. The van der Waals surface area contributed by atoms with Crippen LogP contribution in [0, 0.1) is 0 Å². The van der Waals surface area contributed by atoms with E-state index in [1.54, 1.807) is 26.4 Å². The molecule has 0 aromatic carbocycles. The maximum atomic E-state index is 12.0. The van der Waals surface area contributed by atoms with Crippen LogP contribution in [0.5, 0.6) is 0 Å². The van der Waals surface area contributed by atoms with Gasteiger partial charge in [0.25, 0.3) is 0 Å². The van der Waals surface area contributed by atoms with Crippen molar-refractivity contribution in [1.29, 1.82) is 0 Å². The molecule has 0 aliphatic heterocycles. The van der Waals surface area contributed by atoms with Gasteiger partial charge in [0.1, 0.15) is 18.5 Å². The average molecular weight is 268 g/mol. The van der Waals surface area contributed by atoms with Crippen LogP contribution in [-0.2, 0) is 20.8 Å². The molecule has 0 saturated heterocycles. The van der Waals surface area contributed by atoms with Crippen LogP contribution in [-0.4, -0.2) is 32.4 Å². The van der Waals surface area contributed by atoms with Crippen LogP contribution >= 0.6 is 0 Å². The molecule has 2 rings (SSSR count). The number of hydrogen-bond donors (Lipinski definition) is 0. The molecule has 0 bridgehead atoms. The molecular formula is C14H20O5. The standard InChI is InChI=1S/C14H20O5/c1-16-9-10-7-8-13(18-10)14(15)19-12-6-4-3-5-11(12)17-2/h7-8,11-12H,3-6,9H2,1-2H3. The van der Waals surface area contributed by atoms with Gasteiger partial charge in [0.05, 0.1) is 6.10 Å². The quantitative estimate of drug-likeness (QED) is 0.768. The second kappa shape index (κ2) is 6.73. The van der Waals surface area contributed by atoms with Crippen LogP contribution < -0.4 is 0 Å². The van der Waals surface area contributed by atoms with Crippen molar-refractivity contribution in [3.05, 3.63) is 23.7 Å². The summed E-state index contributed by atoms with van der Waals surface area (Å²) in [7, 11) is 3.23. The molecule has 0 radical (unpaired) electrons. The van der Waals surface area contributed by atoms with E-state index >= 15 is 0 Å². The zero-order chi connectivity index (χ0) is 13.7. The Morgan fingerprint density at radius 3 is 2.68 bits per heavy atom. The van der Waals surface area contributed by atoms with Crippen LogP contribution in [0.2, 0.25) is 0 Å². The normalized spacial score (nSPS) is 23.3. The molecule has 5 nitrogen and oxygen atoms in total. The molecule has 1 fully saturated rings. The van der Waals surface area contributed by atoms with Crippen LogP contribution in [0.1, 0.15) is 42.0 Å². The van der Waals surface area contributed by atoms with Gasteiger partial charge in [-0.2, -0.15) is 0 Å².